The molecule has 1 saturated heterocycles. The number of nitrogens with one attached hydrogen (secondary N) is 2. The van der Waals surface area contributed by atoms with Crippen LogP contribution in [0.3, 0.4) is 0 Å². The van der Waals surface area contributed by atoms with Gasteiger partial charge in [0.25, 0.3) is 0 Å². The van der Waals surface area contributed by atoms with Gasteiger partial charge in [0.1, 0.15) is 11.1 Å². The predicted octanol–water partition coefficient (Wildman–Crippen LogP) is 3.16. The molecule has 2 N–H and O–H groups in total. The fourth-order valence-electron chi connectivity index (χ4n) is 1.77. The molecule has 0 aromatic heterocycles. The van der Waals surface area contributed by atoms with Crippen molar-refractivity contribution >= 4 is 40.1 Å². The number of carbonyl (C=O) groups excluding carboxylic acids is 2. The summed E-state index contributed by atoms with van der Waals surface area (Å²) < 4.78 is 12.9. The molecule has 2 rings (SSSR count). The molecule has 8 heteroatoms. The molecular formula is C17H21FN4O2S. The van der Waals surface area contributed by atoms with Crippen molar-refractivity contribution in [3.05, 3.63) is 30.1 Å². The SMILES string of the molecule is C/C(=N/N=C1\NC(=O)[C@H](CC(=O)Nc2ccc(F)cc2)S1)C(C)(C)C. The average molecular weight is 364 g/mol. The summed E-state index contributed by atoms with van der Waals surface area (Å²) in [6.45, 7) is 7.94. The van der Waals surface area contributed by atoms with Crippen molar-refractivity contribution in [2.24, 2.45) is 15.6 Å². The molecule has 0 unspecified atom stereocenters. The van der Waals surface area contributed by atoms with Gasteiger partial charge in [-0.1, -0.05) is 32.5 Å². The summed E-state index contributed by atoms with van der Waals surface area (Å²) in [5, 5.41) is 13.3. The van der Waals surface area contributed by atoms with E-state index in [9.17, 15) is 14.0 Å². The molecule has 1 aliphatic heterocycles. The summed E-state index contributed by atoms with van der Waals surface area (Å²) >= 11 is 1.17. The molecule has 1 aliphatic rings. The lowest BCUT2D eigenvalue weighted by Crippen LogP contribution is -2.28. The normalized spacial score (nSPS) is 19.9. The summed E-state index contributed by atoms with van der Waals surface area (Å²) in [5.41, 5.74) is 1.22. The van der Waals surface area contributed by atoms with E-state index in [0.29, 0.717) is 10.9 Å². The Morgan fingerprint density at radius 2 is 1.96 bits per heavy atom. The first-order valence-electron chi connectivity index (χ1n) is 7.81. The zero-order valence-electron chi connectivity index (χ0n) is 14.6. The van der Waals surface area contributed by atoms with Crippen LogP contribution in [0.4, 0.5) is 10.1 Å². The molecule has 2 amide bonds. The van der Waals surface area contributed by atoms with E-state index in [1.54, 1.807) is 0 Å². The molecule has 1 fully saturated rings. The molecular weight excluding hydrogens is 343 g/mol. The highest BCUT2D eigenvalue weighted by Crippen LogP contribution is 2.24. The lowest BCUT2D eigenvalue weighted by Gasteiger charge is -2.16. The average Bonchev–Trinajstić information content (AvgIpc) is 2.86. The molecule has 0 radical (unpaired) electrons. The number of hydrogen-bond acceptors (Lipinski definition) is 5. The van der Waals surface area contributed by atoms with Crippen molar-refractivity contribution < 1.29 is 14.0 Å². The maximum Gasteiger partial charge on any atom is 0.240 e. The van der Waals surface area contributed by atoms with Crippen LogP contribution in [0.1, 0.15) is 34.1 Å². The number of benzene rings is 1. The van der Waals surface area contributed by atoms with Crippen molar-refractivity contribution in [1.82, 2.24) is 5.32 Å². The molecule has 1 aromatic rings. The topological polar surface area (TPSA) is 82.9 Å². The lowest BCUT2D eigenvalue weighted by atomic mass is 9.91. The van der Waals surface area contributed by atoms with Crippen LogP contribution in [0.25, 0.3) is 0 Å². The lowest BCUT2D eigenvalue weighted by molar-refractivity contribution is -0.122. The fraction of sp³-hybridized carbons (Fsp3) is 0.412. The Morgan fingerprint density at radius 3 is 2.56 bits per heavy atom. The number of rotatable bonds is 4. The van der Waals surface area contributed by atoms with Crippen molar-refractivity contribution in [1.29, 1.82) is 0 Å². The van der Waals surface area contributed by atoms with Gasteiger partial charge >= 0.3 is 0 Å². The third-order valence-corrected chi connectivity index (χ3v) is 4.72. The summed E-state index contributed by atoms with van der Waals surface area (Å²) in [6, 6.07) is 5.44. The first-order chi connectivity index (χ1) is 11.6. The van der Waals surface area contributed by atoms with Crippen LogP contribution in [-0.2, 0) is 9.59 Å². The number of amidine groups is 1. The van der Waals surface area contributed by atoms with Crippen LogP contribution in [-0.4, -0.2) is 27.9 Å². The maximum absolute atomic E-state index is 12.9. The smallest absolute Gasteiger partial charge is 0.240 e. The Hall–Kier alpha value is -2.22. The summed E-state index contributed by atoms with van der Waals surface area (Å²) in [4.78, 5) is 24.0. The number of halogens is 1. The summed E-state index contributed by atoms with van der Waals surface area (Å²) in [6.07, 6.45) is -0.00510. The molecule has 0 spiro atoms. The monoisotopic (exact) mass is 364 g/mol. The zero-order chi connectivity index (χ0) is 18.6. The molecule has 6 nitrogen and oxygen atoms in total. The second-order valence-corrected chi connectivity index (χ2v) is 7.89. The number of thioether (sulfide) groups is 1. The van der Waals surface area contributed by atoms with Crippen LogP contribution >= 0.6 is 11.8 Å². The Kier molecular flexibility index (Phi) is 5.94. The number of amides is 2. The number of hydrogen-bond donors (Lipinski definition) is 2. The maximum atomic E-state index is 12.9. The van der Waals surface area contributed by atoms with Crippen LogP contribution in [0.5, 0.6) is 0 Å². The van der Waals surface area contributed by atoms with E-state index in [-0.39, 0.29) is 29.5 Å². The molecule has 0 bridgehead atoms. The van der Waals surface area contributed by atoms with Gasteiger partial charge in [-0.05, 0) is 31.2 Å². The minimum atomic E-state index is -0.565. The summed E-state index contributed by atoms with van der Waals surface area (Å²) in [5.74, 6) is -0.979. The minimum Gasteiger partial charge on any atom is -0.326 e. The Labute approximate surface area is 150 Å². The Bertz CT molecular complexity index is 723. The van der Waals surface area contributed by atoms with Gasteiger partial charge in [0.05, 0.1) is 0 Å². The highest BCUT2D eigenvalue weighted by Gasteiger charge is 2.32. The van der Waals surface area contributed by atoms with Gasteiger partial charge in [-0.3, -0.25) is 9.59 Å². The predicted molar refractivity (Wildman–Crippen MR) is 99.2 cm³/mol. The van der Waals surface area contributed by atoms with Crippen LogP contribution < -0.4 is 10.6 Å². The Morgan fingerprint density at radius 1 is 1.32 bits per heavy atom. The first kappa shape index (κ1) is 19.1. The van der Waals surface area contributed by atoms with Gasteiger partial charge in [-0.25, -0.2) is 4.39 Å². The van der Waals surface area contributed by atoms with Crippen molar-refractivity contribution in [2.45, 2.75) is 39.4 Å². The third kappa shape index (κ3) is 5.67. The molecule has 1 atom stereocenters. The van der Waals surface area contributed by atoms with E-state index in [4.69, 9.17) is 0 Å². The van der Waals surface area contributed by atoms with Crippen LogP contribution in [0.15, 0.2) is 34.5 Å². The van der Waals surface area contributed by atoms with Gasteiger partial charge in [-0.2, -0.15) is 5.10 Å². The highest BCUT2D eigenvalue weighted by molar-refractivity contribution is 8.15. The number of anilines is 1. The first-order valence-corrected chi connectivity index (χ1v) is 8.69. The number of carbonyl (C=O) groups is 2. The second kappa shape index (κ2) is 7.77. The molecule has 25 heavy (non-hydrogen) atoms. The largest absolute Gasteiger partial charge is 0.326 e. The van der Waals surface area contributed by atoms with Gasteiger partial charge in [0.2, 0.25) is 11.8 Å². The fourth-order valence-corrected chi connectivity index (χ4v) is 2.69. The molecule has 134 valence electrons. The van der Waals surface area contributed by atoms with E-state index >= 15 is 0 Å². The zero-order valence-corrected chi connectivity index (χ0v) is 15.4. The van der Waals surface area contributed by atoms with Gasteiger partial charge in [0, 0.05) is 23.2 Å². The quantitative estimate of drug-likeness (QED) is 0.636. The van der Waals surface area contributed by atoms with Gasteiger partial charge < -0.3 is 10.6 Å². The van der Waals surface area contributed by atoms with E-state index in [1.807, 2.05) is 27.7 Å². The van der Waals surface area contributed by atoms with Crippen LogP contribution in [0, 0.1) is 11.2 Å². The van der Waals surface area contributed by atoms with E-state index in [0.717, 1.165) is 5.71 Å². The second-order valence-electron chi connectivity index (χ2n) is 6.70. The standard InChI is InChI=1S/C17H21FN4O2S/c1-10(17(2,3)4)21-22-16-20-15(24)13(25-16)9-14(23)19-12-7-5-11(18)6-8-12/h5-8,13H,9H2,1-4H3,(H,19,23)(H,20,22,24)/b21-10-/t13-/m0/s1. The van der Waals surface area contributed by atoms with E-state index < -0.39 is 5.25 Å². The van der Waals surface area contributed by atoms with Crippen LogP contribution in [0.2, 0.25) is 0 Å². The molecule has 1 heterocycles. The number of nitrogens with zero attached hydrogens (tertiary/aromatic N) is 2. The summed E-state index contributed by atoms with van der Waals surface area (Å²) in [7, 11) is 0. The van der Waals surface area contributed by atoms with E-state index in [1.165, 1.54) is 36.0 Å². The van der Waals surface area contributed by atoms with Gasteiger partial charge in [0.15, 0.2) is 5.17 Å². The molecule has 0 saturated carbocycles. The molecule has 1 aromatic carbocycles. The third-order valence-electron chi connectivity index (χ3n) is 3.65. The van der Waals surface area contributed by atoms with Crippen molar-refractivity contribution in [2.75, 3.05) is 5.32 Å². The van der Waals surface area contributed by atoms with E-state index in [2.05, 4.69) is 20.8 Å². The van der Waals surface area contributed by atoms with Crippen molar-refractivity contribution in [3.63, 3.8) is 0 Å². The highest BCUT2D eigenvalue weighted by atomic mass is 32.2. The van der Waals surface area contributed by atoms with Gasteiger partial charge in [-0.15, -0.1) is 5.10 Å². The Balaban J connectivity index is 1.94. The molecule has 0 aliphatic carbocycles. The van der Waals surface area contributed by atoms with Crippen molar-refractivity contribution in [3.8, 4) is 0 Å². The minimum absolute atomic E-state index is 0.00510.